The molecule has 5 fully saturated rings. The third-order valence-electron chi connectivity index (χ3n) is 8.56. The number of hydrogen-bond acceptors (Lipinski definition) is 7. The highest BCUT2D eigenvalue weighted by atomic mass is 16.6. The fourth-order valence-corrected chi connectivity index (χ4v) is 7.70. The minimum atomic E-state index is -1.50. The molecule has 1 spiro atoms. The molecule has 4 aliphatic carbocycles. The summed E-state index contributed by atoms with van der Waals surface area (Å²) in [4.78, 5) is 25.1. The quantitative estimate of drug-likeness (QED) is 0.398. The van der Waals surface area contributed by atoms with E-state index in [-0.39, 0.29) is 18.8 Å². The van der Waals surface area contributed by atoms with Gasteiger partial charge in [0.2, 0.25) is 0 Å². The van der Waals surface area contributed by atoms with Crippen molar-refractivity contribution in [1.29, 1.82) is 0 Å². The molecule has 9 atom stereocenters. The Morgan fingerprint density at radius 1 is 1.38 bits per heavy atom. The fourth-order valence-electron chi connectivity index (χ4n) is 7.70. The molecule has 4 bridgehead atoms. The molecule has 5 rings (SSSR count). The van der Waals surface area contributed by atoms with E-state index in [4.69, 9.17) is 4.74 Å². The second-order valence-electron chi connectivity index (χ2n) is 9.43. The summed E-state index contributed by atoms with van der Waals surface area (Å²) in [5.74, 6) is -4.07. The summed E-state index contributed by atoms with van der Waals surface area (Å²) < 4.78 is 5.84. The average Bonchev–Trinajstić information content (AvgIpc) is 2.96. The van der Waals surface area contributed by atoms with Crippen LogP contribution in [0.5, 0.6) is 0 Å². The maximum absolute atomic E-state index is 12.7. The highest BCUT2D eigenvalue weighted by Crippen LogP contribution is 2.78. The van der Waals surface area contributed by atoms with Gasteiger partial charge in [-0.05, 0) is 43.6 Å². The van der Waals surface area contributed by atoms with E-state index in [1.54, 1.807) is 0 Å². The predicted molar refractivity (Wildman–Crippen MR) is 84.0 cm³/mol. The van der Waals surface area contributed by atoms with Gasteiger partial charge in [0.15, 0.2) is 0 Å². The molecular weight excluding hydrogens is 340 g/mol. The van der Waals surface area contributed by atoms with Crippen LogP contribution in [0.15, 0.2) is 12.2 Å². The topological polar surface area (TPSA) is 127 Å². The molecule has 1 heterocycles. The standard InChI is InChI=1S/C19H24O7/c1-8-5-17-7-18(8,25)4-3-10(17)19-6-9(20)13(21)16(2,15(24)26-19)12(19)11(17)14(22)23/h9-13,20-21,25H,1,3-7H2,2H3,(H,22,23)/p-1/t9-,10+,11+,12+,13-,16+,17-,18-,19+/m0/s1. The first-order valence-electron chi connectivity index (χ1n) is 9.24. The molecule has 3 N–H and O–H groups in total. The molecule has 4 saturated carbocycles. The summed E-state index contributed by atoms with van der Waals surface area (Å²) in [6, 6.07) is 0. The molecule has 7 nitrogen and oxygen atoms in total. The van der Waals surface area contributed by atoms with Crippen LogP contribution in [-0.2, 0) is 14.3 Å². The van der Waals surface area contributed by atoms with Crippen molar-refractivity contribution in [2.75, 3.05) is 0 Å². The lowest BCUT2D eigenvalue weighted by molar-refractivity contribution is -0.319. The van der Waals surface area contributed by atoms with Crippen molar-refractivity contribution >= 4 is 11.9 Å². The van der Waals surface area contributed by atoms with E-state index < -0.39 is 58.0 Å². The maximum Gasteiger partial charge on any atom is 0.315 e. The summed E-state index contributed by atoms with van der Waals surface area (Å²) in [6.07, 6.45) is -1.03. The van der Waals surface area contributed by atoms with Crippen molar-refractivity contribution in [1.82, 2.24) is 0 Å². The van der Waals surface area contributed by atoms with Gasteiger partial charge in [0, 0.05) is 30.1 Å². The molecular formula is C19H23O7-. The van der Waals surface area contributed by atoms with Crippen LogP contribution in [-0.4, -0.2) is 50.7 Å². The van der Waals surface area contributed by atoms with Crippen LogP contribution in [0.1, 0.15) is 39.0 Å². The summed E-state index contributed by atoms with van der Waals surface area (Å²) >= 11 is 0. The van der Waals surface area contributed by atoms with Crippen molar-refractivity contribution in [2.24, 2.45) is 28.6 Å². The SMILES string of the molecule is C=C1C[C@]23C[C@@]1(O)CC[C@H]2[C@@]12C[C@H](O)[C@H](O)[C@](C)(C(=O)O1)[C@H]2[C@@H]3C(=O)[O-]. The third-order valence-corrected chi connectivity index (χ3v) is 8.56. The summed E-state index contributed by atoms with van der Waals surface area (Å²) in [5, 5.41) is 44.3. The Hall–Kier alpha value is -1.44. The van der Waals surface area contributed by atoms with Gasteiger partial charge in [-0.15, -0.1) is 0 Å². The minimum Gasteiger partial charge on any atom is -0.550 e. The van der Waals surface area contributed by atoms with E-state index in [1.165, 1.54) is 6.92 Å². The molecule has 1 saturated heterocycles. The Balaban J connectivity index is 1.77. The number of carboxylic acids is 1. The maximum atomic E-state index is 12.7. The Kier molecular flexibility index (Phi) is 2.79. The van der Waals surface area contributed by atoms with Gasteiger partial charge < -0.3 is 30.0 Å². The van der Waals surface area contributed by atoms with Gasteiger partial charge in [-0.1, -0.05) is 6.58 Å². The van der Waals surface area contributed by atoms with E-state index in [0.717, 1.165) is 0 Å². The molecule has 0 aromatic rings. The smallest absolute Gasteiger partial charge is 0.315 e. The van der Waals surface area contributed by atoms with Crippen molar-refractivity contribution < 1.29 is 34.8 Å². The first-order valence-corrected chi connectivity index (χ1v) is 9.24. The Labute approximate surface area is 150 Å². The molecule has 0 radical (unpaired) electrons. The zero-order valence-corrected chi connectivity index (χ0v) is 14.6. The number of aliphatic hydroxyl groups is 3. The number of ether oxygens (including phenoxy) is 1. The van der Waals surface area contributed by atoms with Crippen molar-refractivity contribution in [3.63, 3.8) is 0 Å². The van der Waals surface area contributed by atoms with Crippen LogP contribution in [0.2, 0.25) is 0 Å². The zero-order valence-electron chi connectivity index (χ0n) is 14.6. The highest BCUT2D eigenvalue weighted by Gasteiger charge is 2.84. The number of carbonyl (C=O) groups is 2. The van der Waals surface area contributed by atoms with Gasteiger partial charge in [-0.2, -0.15) is 0 Å². The second kappa shape index (κ2) is 4.34. The van der Waals surface area contributed by atoms with Crippen LogP contribution in [0, 0.1) is 28.6 Å². The van der Waals surface area contributed by atoms with Crippen molar-refractivity contribution in [2.45, 2.75) is 62.4 Å². The molecule has 0 unspecified atom stereocenters. The van der Waals surface area contributed by atoms with Crippen LogP contribution in [0.3, 0.4) is 0 Å². The highest BCUT2D eigenvalue weighted by molar-refractivity contribution is 5.85. The van der Waals surface area contributed by atoms with Gasteiger partial charge in [-0.25, -0.2) is 0 Å². The monoisotopic (exact) mass is 363 g/mol. The number of fused-ring (bicyclic) bond motifs is 1. The van der Waals surface area contributed by atoms with E-state index >= 15 is 0 Å². The minimum absolute atomic E-state index is 0.0151. The van der Waals surface area contributed by atoms with E-state index in [2.05, 4.69) is 6.58 Å². The van der Waals surface area contributed by atoms with E-state index in [1.807, 2.05) is 0 Å². The largest absolute Gasteiger partial charge is 0.550 e. The molecule has 142 valence electrons. The summed E-state index contributed by atoms with van der Waals surface area (Å²) in [6.45, 7) is 5.48. The van der Waals surface area contributed by atoms with E-state index in [9.17, 15) is 30.0 Å². The summed E-state index contributed by atoms with van der Waals surface area (Å²) in [5.41, 5.74) is -3.94. The number of esters is 1. The molecule has 0 aromatic carbocycles. The molecule has 5 aliphatic rings. The number of carboxylic acid groups (broad SMARTS) is 1. The van der Waals surface area contributed by atoms with Gasteiger partial charge in [-0.3, -0.25) is 4.79 Å². The van der Waals surface area contributed by atoms with Crippen LogP contribution in [0.25, 0.3) is 0 Å². The average molecular weight is 363 g/mol. The first-order chi connectivity index (χ1) is 12.0. The van der Waals surface area contributed by atoms with Crippen LogP contribution in [0.4, 0.5) is 0 Å². The van der Waals surface area contributed by atoms with Crippen molar-refractivity contribution in [3.8, 4) is 0 Å². The molecule has 0 aromatic heterocycles. The molecule has 26 heavy (non-hydrogen) atoms. The molecule has 1 aliphatic heterocycles. The predicted octanol–water partition coefficient (Wildman–Crippen LogP) is -1.11. The number of carbonyl (C=O) groups excluding carboxylic acids is 2. The number of hydrogen-bond donors (Lipinski definition) is 3. The lowest BCUT2D eigenvalue weighted by Gasteiger charge is -2.47. The van der Waals surface area contributed by atoms with Crippen LogP contribution >= 0.6 is 0 Å². The van der Waals surface area contributed by atoms with Gasteiger partial charge in [0.1, 0.15) is 11.0 Å². The third kappa shape index (κ3) is 1.43. The molecule has 0 amide bonds. The van der Waals surface area contributed by atoms with Gasteiger partial charge in [0.25, 0.3) is 0 Å². The van der Waals surface area contributed by atoms with Gasteiger partial charge >= 0.3 is 5.97 Å². The Morgan fingerprint density at radius 3 is 2.73 bits per heavy atom. The first kappa shape index (κ1) is 16.7. The Bertz CT molecular complexity index is 763. The fraction of sp³-hybridized carbons (Fsp3) is 0.789. The van der Waals surface area contributed by atoms with Crippen LogP contribution < -0.4 is 5.11 Å². The number of aliphatic hydroxyl groups excluding tert-OH is 2. The normalized spacial score (nSPS) is 59.8. The number of rotatable bonds is 1. The van der Waals surface area contributed by atoms with Crippen molar-refractivity contribution in [3.05, 3.63) is 12.2 Å². The van der Waals surface area contributed by atoms with E-state index in [0.29, 0.717) is 24.8 Å². The lowest BCUT2D eigenvalue weighted by Crippen LogP contribution is -2.59. The zero-order chi connectivity index (χ0) is 18.9. The lowest BCUT2D eigenvalue weighted by atomic mass is 9.58. The van der Waals surface area contributed by atoms with Gasteiger partial charge in [0.05, 0.1) is 17.8 Å². The number of aliphatic carboxylic acids is 1. The second-order valence-corrected chi connectivity index (χ2v) is 9.43. The Morgan fingerprint density at radius 2 is 2.08 bits per heavy atom. The summed E-state index contributed by atoms with van der Waals surface area (Å²) in [7, 11) is 0. The molecule has 7 heteroatoms.